The fourth-order valence-electron chi connectivity index (χ4n) is 6.75. The van der Waals surface area contributed by atoms with Crippen LogP contribution in [-0.4, -0.2) is 180 Å². The zero-order valence-electron chi connectivity index (χ0n) is 37.7. The number of nitrogens with two attached hydrogens (primary N) is 1. The summed E-state index contributed by atoms with van der Waals surface area (Å²) in [4.78, 5) is 138. The van der Waals surface area contributed by atoms with Crippen molar-refractivity contribution in [1.82, 2.24) is 52.1 Å². The molecule has 8 amide bonds. The van der Waals surface area contributed by atoms with Crippen molar-refractivity contribution in [1.29, 1.82) is 0 Å². The zero-order chi connectivity index (χ0) is 50.0. The second-order valence-corrected chi connectivity index (χ2v) is 16.8. The molecular formula is C40H65N11O15. The molecule has 0 spiro atoms. The highest BCUT2D eigenvalue weighted by Crippen LogP contribution is 2.20. The monoisotopic (exact) mass is 939 g/mol. The van der Waals surface area contributed by atoms with Crippen molar-refractivity contribution in [3.8, 4) is 0 Å². The molecule has 1 fully saturated rings. The average molecular weight is 940 g/mol. The van der Waals surface area contributed by atoms with Gasteiger partial charge in [-0.2, -0.15) is 0 Å². The standard InChI is InChI=1S/C40H65N11O15/c1-18(2)12-25(46-33(58)23(41)15-52)35(60)45-24(9-10-29(55)56)34(59)47-26(13-22-14-42-17-43-22)39(64)51-11-7-8-28(51)37(62)50-31(21(6)54)38(63)48-27(16-53)36(61)44-20(5)32(57)49-30(19(3)4)40(65)66/h14,17-21,23-28,30-31,52-54H,7-13,15-16,41H2,1-6H3,(H,42,43)(H,44,61)(H,45,60)(H,46,58)(H,47,59)(H,48,63)(H,49,57)(H,50,62)(H,55,56)(H,65,66)/t20-,21+,23-,24-,25-,26-,27-,28-,30-,31-/m0/s1. The zero-order valence-corrected chi connectivity index (χ0v) is 37.7. The predicted molar refractivity (Wildman–Crippen MR) is 229 cm³/mol. The van der Waals surface area contributed by atoms with Crippen LogP contribution in [0.4, 0.5) is 0 Å². The summed E-state index contributed by atoms with van der Waals surface area (Å²) in [6.07, 6.45) is 0.154. The van der Waals surface area contributed by atoms with E-state index in [1.165, 1.54) is 19.4 Å². The fourth-order valence-corrected chi connectivity index (χ4v) is 6.75. The molecule has 26 nitrogen and oxygen atoms in total. The molecule has 0 unspecified atom stereocenters. The Morgan fingerprint density at radius 1 is 0.742 bits per heavy atom. The van der Waals surface area contributed by atoms with E-state index in [4.69, 9.17) is 5.73 Å². The number of imidazole rings is 1. The number of likely N-dealkylation sites (tertiary alicyclic amines) is 1. The first-order valence-corrected chi connectivity index (χ1v) is 21.4. The van der Waals surface area contributed by atoms with E-state index < -0.39 is 152 Å². The lowest BCUT2D eigenvalue weighted by Crippen LogP contribution is -2.62. The second kappa shape index (κ2) is 26.6. The number of aliphatic carboxylic acids is 2. The third-order valence-corrected chi connectivity index (χ3v) is 10.4. The number of aromatic nitrogens is 2. The quantitative estimate of drug-likeness (QED) is 0.0392. The molecule has 0 saturated carbocycles. The number of hydrogen-bond donors (Lipinski definition) is 14. The van der Waals surface area contributed by atoms with Crippen molar-refractivity contribution >= 4 is 59.2 Å². The minimum absolute atomic E-state index is 0.0214. The number of aromatic amines is 1. The van der Waals surface area contributed by atoms with Gasteiger partial charge >= 0.3 is 11.9 Å². The smallest absolute Gasteiger partial charge is 0.326 e. The van der Waals surface area contributed by atoms with Gasteiger partial charge in [0, 0.05) is 31.3 Å². The van der Waals surface area contributed by atoms with Crippen molar-refractivity contribution in [2.24, 2.45) is 17.6 Å². The minimum Gasteiger partial charge on any atom is -0.481 e. The van der Waals surface area contributed by atoms with Crippen molar-refractivity contribution in [3.05, 3.63) is 18.2 Å². The highest BCUT2D eigenvalue weighted by atomic mass is 16.4. The van der Waals surface area contributed by atoms with Crippen molar-refractivity contribution in [2.45, 2.75) is 141 Å². The third-order valence-electron chi connectivity index (χ3n) is 10.4. The molecule has 1 aliphatic heterocycles. The molecule has 0 radical (unpaired) electrons. The van der Waals surface area contributed by atoms with Gasteiger partial charge in [-0.15, -0.1) is 0 Å². The summed E-state index contributed by atoms with van der Waals surface area (Å²) in [6.45, 7) is 7.26. The van der Waals surface area contributed by atoms with Crippen molar-refractivity contribution in [3.63, 3.8) is 0 Å². The molecule has 2 heterocycles. The van der Waals surface area contributed by atoms with Crippen LogP contribution in [0, 0.1) is 11.8 Å². The van der Waals surface area contributed by atoms with E-state index in [2.05, 4.69) is 47.2 Å². The van der Waals surface area contributed by atoms with E-state index >= 15 is 0 Å². The van der Waals surface area contributed by atoms with Crippen LogP contribution in [0.2, 0.25) is 0 Å². The number of carbonyl (C=O) groups excluding carboxylic acids is 8. The Hall–Kier alpha value is -6.25. The molecule has 15 N–H and O–H groups in total. The van der Waals surface area contributed by atoms with E-state index in [0.29, 0.717) is 5.69 Å². The molecule has 2 rings (SSSR count). The Balaban J connectivity index is 2.31. The number of H-pyrrole nitrogens is 1. The first-order chi connectivity index (χ1) is 30.9. The number of aliphatic hydroxyl groups is 3. The summed E-state index contributed by atoms with van der Waals surface area (Å²) in [7, 11) is 0. The largest absolute Gasteiger partial charge is 0.481 e. The molecule has 10 atom stereocenters. The van der Waals surface area contributed by atoms with E-state index in [-0.39, 0.29) is 38.1 Å². The lowest BCUT2D eigenvalue weighted by atomic mass is 10.0. The van der Waals surface area contributed by atoms with Gasteiger partial charge in [0.15, 0.2) is 0 Å². The summed E-state index contributed by atoms with van der Waals surface area (Å²) in [5.41, 5.74) is 5.96. The highest BCUT2D eigenvalue weighted by Gasteiger charge is 2.41. The third kappa shape index (κ3) is 17.3. The highest BCUT2D eigenvalue weighted by molar-refractivity contribution is 5.98. The van der Waals surface area contributed by atoms with E-state index in [0.717, 1.165) is 11.8 Å². The summed E-state index contributed by atoms with van der Waals surface area (Å²) in [5, 5.41) is 65.2. The number of rotatable bonds is 27. The lowest BCUT2D eigenvalue weighted by Gasteiger charge is -2.31. The molecule has 370 valence electrons. The topological polar surface area (TPSA) is 414 Å². The summed E-state index contributed by atoms with van der Waals surface area (Å²) in [5.74, 6) is -10.8. The minimum atomic E-state index is -1.76. The Labute approximate surface area is 380 Å². The fraction of sp³-hybridized carbons (Fsp3) is 0.675. The van der Waals surface area contributed by atoms with Gasteiger partial charge in [-0.3, -0.25) is 43.2 Å². The molecule has 0 bridgehead atoms. The number of nitrogens with zero attached hydrogens (tertiary/aromatic N) is 2. The molecular weight excluding hydrogens is 875 g/mol. The van der Waals surface area contributed by atoms with Gasteiger partial charge in [0.1, 0.15) is 54.4 Å². The van der Waals surface area contributed by atoms with Crippen LogP contribution in [-0.2, 0) is 54.4 Å². The summed E-state index contributed by atoms with van der Waals surface area (Å²) < 4.78 is 0. The van der Waals surface area contributed by atoms with Crippen LogP contribution in [0.1, 0.15) is 79.3 Å². The van der Waals surface area contributed by atoms with Gasteiger partial charge in [0.2, 0.25) is 47.3 Å². The molecule has 0 aromatic carbocycles. The predicted octanol–water partition coefficient (Wildman–Crippen LogP) is -5.30. The number of amides is 8. The van der Waals surface area contributed by atoms with Crippen LogP contribution in [0.25, 0.3) is 0 Å². The van der Waals surface area contributed by atoms with Crippen molar-refractivity contribution in [2.75, 3.05) is 19.8 Å². The maximum absolute atomic E-state index is 14.3. The SMILES string of the molecule is CC(C)C[C@H](NC(=O)[C@@H](N)CO)C(=O)N[C@@H](CCC(=O)O)C(=O)N[C@@H](Cc1cnc[nH]1)C(=O)N1CCC[C@H]1C(=O)N[C@H](C(=O)N[C@@H](CO)C(=O)N[C@@H](C)C(=O)N[C@H](C(=O)O)C(C)C)[C@@H](C)O. The molecule has 1 aromatic rings. The number of nitrogens with one attached hydrogen (secondary N) is 8. The summed E-state index contributed by atoms with van der Waals surface area (Å²) in [6, 6.07) is -13.0. The molecule has 1 saturated heterocycles. The van der Waals surface area contributed by atoms with Gasteiger partial charge in [-0.25, -0.2) is 9.78 Å². The average Bonchev–Trinajstić information content (AvgIpc) is 3.96. The number of carboxylic acids is 2. The van der Waals surface area contributed by atoms with E-state index in [1.54, 1.807) is 27.7 Å². The maximum Gasteiger partial charge on any atom is 0.326 e. The molecule has 26 heteroatoms. The number of aliphatic hydroxyl groups excluding tert-OH is 3. The summed E-state index contributed by atoms with van der Waals surface area (Å²) >= 11 is 0. The van der Waals surface area contributed by atoms with Crippen LogP contribution in [0.3, 0.4) is 0 Å². The van der Waals surface area contributed by atoms with Gasteiger partial charge in [0.05, 0.1) is 25.6 Å². The number of carbonyl (C=O) groups is 10. The molecule has 1 aliphatic rings. The number of carboxylic acid groups (broad SMARTS) is 2. The molecule has 1 aromatic heterocycles. The second-order valence-electron chi connectivity index (χ2n) is 16.8. The van der Waals surface area contributed by atoms with E-state index in [1.807, 2.05) is 0 Å². The first kappa shape index (κ1) is 55.9. The van der Waals surface area contributed by atoms with E-state index in [9.17, 15) is 73.5 Å². The van der Waals surface area contributed by atoms with Gasteiger partial charge in [-0.1, -0.05) is 27.7 Å². The lowest BCUT2D eigenvalue weighted by molar-refractivity contribution is -0.143. The Kier molecular flexibility index (Phi) is 22.6. The molecule has 0 aliphatic carbocycles. The van der Waals surface area contributed by atoms with Crippen LogP contribution in [0.5, 0.6) is 0 Å². The van der Waals surface area contributed by atoms with Gasteiger partial charge < -0.3 is 78.4 Å². The van der Waals surface area contributed by atoms with Crippen LogP contribution in [0.15, 0.2) is 12.5 Å². The maximum atomic E-state index is 14.3. The van der Waals surface area contributed by atoms with Gasteiger partial charge in [0.25, 0.3) is 0 Å². The Morgan fingerprint density at radius 2 is 1.33 bits per heavy atom. The molecule has 66 heavy (non-hydrogen) atoms. The Morgan fingerprint density at radius 3 is 1.86 bits per heavy atom. The number of hydrogen-bond acceptors (Lipinski definition) is 15. The van der Waals surface area contributed by atoms with Crippen molar-refractivity contribution < 1.29 is 73.5 Å². The van der Waals surface area contributed by atoms with Gasteiger partial charge in [-0.05, 0) is 51.4 Å². The first-order valence-electron chi connectivity index (χ1n) is 21.4. The van der Waals surface area contributed by atoms with Crippen LogP contribution < -0.4 is 43.0 Å². The normalized spacial score (nSPS) is 17.7. The Bertz CT molecular complexity index is 1860. The van der Waals surface area contributed by atoms with Crippen LogP contribution >= 0.6 is 0 Å².